The van der Waals surface area contributed by atoms with Gasteiger partial charge in [-0.2, -0.15) is 0 Å². The molecule has 0 spiro atoms. The highest BCUT2D eigenvalue weighted by Gasteiger charge is 2.38. The number of rotatable bonds is 2. The maximum Gasteiger partial charge on any atom is 0.162 e. The number of phenols is 1. The van der Waals surface area contributed by atoms with E-state index in [1.54, 1.807) is 12.1 Å². The molecule has 156 valence electrons. The minimum absolute atomic E-state index is 0.164. The van der Waals surface area contributed by atoms with Crippen LogP contribution in [0.1, 0.15) is 41.5 Å². The number of anilines is 1. The molecule has 0 saturated carbocycles. The van der Waals surface area contributed by atoms with Gasteiger partial charge < -0.3 is 10.4 Å². The molecule has 0 bridgehead atoms. The van der Waals surface area contributed by atoms with Gasteiger partial charge in [0.25, 0.3) is 0 Å². The quantitative estimate of drug-likeness (QED) is 0.386. The number of ketones is 1. The van der Waals surface area contributed by atoms with Crippen molar-refractivity contribution in [2.75, 3.05) is 5.32 Å². The summed E-state index contributed by atoms with van der Waals surface area (Å²) in [6, 6.07) is 30.0. The summed E-state index contributed by atoms with van der Waals surface area (Å²) >= 11 is 0. The lowest BCUT2D eigenvalue weighted by atomic mass is 9.71. The Balaban J connectivity index is 1.59. The Labute approximate surface area is 187 Å². The molecule has 2 N–H and O–H groups in total. The number of nitrogens with one attached hydrogen (secondary N) is 1. The first-order chi connectivity index (χ1) is 15.7. The van der Waals surface area contributed by atoms with Gasteiger partial charge in [-0.1, -0.05) is 72.8 Å². The maximum atomic E-state index is 13.7. The zero-order valence-electron chi connectivity index (χ0n) is 17.6. The normalized spacial score (nSPS) is 19.9. The lowest BCUT2D eigenvalue weighted by Crippen LogP contribution is -2.29. The topological polar surface area (TPSA) is 49.3 Å². The predicted molar refractivity (Wildman–Crippen MR) is 129 cm³/mol. The second kappa shape index (κ2) is 7.38. The van der Waals surface area contributed by atoms with Gasteiger partial charge in [0.1, 0.15) is 5.75 Å². The number of fused-ring (bicyclic) bond motifs is 4. The number of Topliss-reactive ketones (excluding diaryl/α,β-unsaturated/α-hetero) is 1. The van der Waals surface area contributed by atoms with E-state index in [4.69, 9.17) is 0 Å². The Morgan fingerprint density at radius 2 is 1.56 bits per heavy atom. The van der Waals surface area contributed by atoms with Crippen molar-refractivity contribution >= 4 is 27.8 Å². The number of benzene rings is 4. The van der Waals surface area contributed by atoms with Crippen molar-refractivity contribution in [1.82, 2.24) is 0 Å². The molecule has 0 saturated heterocycles. The van der Waals surface area contributed by atoms with Crippen molar-refractivity contribution in [2.24, 2.45) is 0 Å². The molecule has 3 heteroatoms. The average Bonchev–Trinajstić information content (AvgIpc) is 2.83. The fraction of sp³-hybridized carbons (Fsp3) is 0.138. The Morgan fingerprint density at radius 1 is 0.781 bits per heavy atom. The lowest BCUT2D eigenvalue weighted by Gasteiger charge is -2.37. The van der Waals surface area contributed by atoms with Gasteiger partial charge in [-0.15, -0.1) is 0 Å². The van der Waals surface area contributed by atoms with Gasteiger partial charge in [-0.05, 0) is 58.0 Å². The summed E-state index contributed by atoms with van der Waals surface area (Å²) in [7, 11) is 0. The first kappa shape index (κ1) is 18.9. The Kier molecular flexibility index (Phi) is 4.36. The zero-order chi connectivity index (χ0) is 21.7. The fourth-order valence-corrected chi connectivity index (χ4v) is 5.36. The molecule has 0 radical (unpaired) electrons. The molecular formula is C29H23NO2. The van der Waals surface area contributed by atoms with Gasteiger partial charge in [0.15, 0.2) is 5.78 Å². The number of aromatic hydroxyl groups is 1. The largest absolute Gasteiger partial charge is 0.508 e. The van der Waals surface area contributed by atoms with E-state index in [9.17, 15) is 9.90 Å². The molecule has 4 aromatic carbocycles. The molecule has 4 aromatic rings. The summed E-state index contributed by atoms with van der Waals surface area (Å²) in [5, 5.41) is 16.1. The van der Waals surface area contributed by atoms with Gasteiger partial charge in [0.05, 0.1) is 6.04 Å². The molecule has 32 heavy (non-hydrogen) atoms. The van der Waals surface area contributed by atoms with Crippen LogP contribution in [0.4, 0.5) is 5.69 Å². The van der Waals surface area contributed by atoms with Crippen LogP contribution in [0.15, 0.2) is 96.6 Å². The summed E-state index contributed by atoms with van der Waals surface area (Å²) in [4.78, 5) is 13.7. The summed E-state index contributed by atoms with van der Waals surface area (Å²) < 4.78 is 0. The molecule has 0 fully saturated rings. The highest BCUT2D eigenvalue weighted by Crippen LogP contribution is 2.51. The molecule has 1 aliphatic heterocycles. The van der Waals surface area contributed by atoms with E-state index < -0.39 is 0 Å². The second-order valence-electron chi connectivity index (χ2n) is 8.71. The van der Waals surface area contributed by atoms with Gasteiger partial charge in [-0.3, -0.25) is 4.79 Å². The molecule has 2 atom stereocenters. The average molecular weight is 418 g/mol. The van der Waals surface area contributed by atoms with Crippen LogP contribution >= 0.6 is 0 Å². The Hall–Kier alpha value is -3.85. The van der Waals surface area contributed by atoms with E-state index in [0.29, 0.717) is 6.42 Å². The van der Waals surface area contributed by atoms with Gasteiger partial charge in [-0.25, -0.2) is 0 Å². The van der Waals surface area contributed by atoms with Crippen LogP contribution in [0.2, 0.25) is 0 Å². The minimum Gasteiger partial charge on any atom is -0.508 e. The SMILES string of the molecule is O=C1C[C@H](c2ccccc2)CC2=C1[C@H](c1cccc(O)c1)Nc1ccc3ccccc3c12. The molecule has 1 aliphatic carbocycles. The van der Waals surface area contributed by atoms with Crippen molar-refractivity contribution in [3.63, 3.8) is 0 Å². The van der Waals surface area contributed by atoms with E-state index in [2.05, 4.69) is 53.8 Å². The fourth-order valence-electron chi connectivity index (χ4n) is 5.36. The molecule has 3 nitrogen and oxygen atoms in total. The number of phenolic OH excluding ortho intramolecular Hbond substituents is 1. The summed E-state index contributed by atoms with van der Waals surface area (Å²) in [5.41, 5.74) is 6.27. The number of carbonyl (C=O) groups is 1. The van der Waals surface area contributed by atoms with Crippen LogP contribution in [0.5, 0.6) is 5.75 Å². The van der Waals surface area contributed by atoms with Crippen molar-refractivity contribution in [1.29, 1.82) is 0 Å². The van der Waals surface area contributed by atoms with Crippen molar-refractivity contribution < 1.29 is 9.90 Å². The summed E-state index contributed by atoms with van der Waals surface area (Å²) in [6.45, 7) is 0. The van der Waals surface area contributed by atoms with Crippen LogP contribution in [-0.2, 0) is 4.79 Å². The van der Waals surface area contributed by atoms with Gasteiger partial charge >= 0.3 is 0 Å². The standard InChI is InChI=1S/C29H23NO2/c31-22-11-6-10-20(15-22)29-28-24(16-21(17-26(28)32)18-7-2-1-3-8-18)27-23-12-5-4-9-19(23)13-14-25(27)30-29/h1-15,21,29-31H,16-17H2/t21-,29+/m1/s1. The summed E-state index contributed by atoms with van der Waals surface area (Å²) in [5.74, 6) is 0.554. The Morgan fingerprint density at radius 3 is 2.41 bits per heavy atom. The van der Waals surface area contributed by atoms with E-state index in [-0.39, 0.29) is 23.5 Å². The Bertz CT molecular complexity index is 1390. The van der Waals surface area contributed by atoms with E-state index in [1.807, 2.05) is 30.3 Å². The second-order valence-corrected chi connectivity index (χ2v) is 8.71. The third-order valence-corrected chi connectivity index (χ3v) is 6.80. The molecule has 2 aliphatic rings. The highest BCUT2D eigenvalue weighted by atomic mass is 16.3. The maximum absolute atomic E-state index is 13.7. The monoisotopic (exact) mass is 417 g/mol. The van der Waals surface area contributed by atoms with Crippen LogP contribution in [0.3, 0.4) is 0 Å². The molecule has 0 aromatic heterocycles. The van der Waals surface area contributed by atoms with Crippen molar-refractivity contribution in [2.45, 2.75) is 24.8 Å². The van der Waals surface area contributed by atoms with Gasteiger partial charge in [0, 0.05) is 23.2 Å². The minimum atomic E-state index is -0.269. The number of hydrogen-bond donors (Lipinski definition) is 2. The molecule has 6 rings (SSSR count). The van der Waals surface area contributed by atoms with Crippen LogP contribution in [0.25, 0.3) is 16.3 Å². The first-order valence-electron chi connectivity index (χ1n) is 11.1. The number of allylic oxidation sites excluding steroid dienone is 1. The molecule has 0 unspecified atom stereocenters. The zero-order valence-corrected chi connectivity index (χ0v) is 17.6. The molecule has 0 amide bonds. The van der Waals surface area contributed by atoms with E-state index in [0.717, 1.165) is 34.4 Å². The molecule has 1 heterocycles. The van der Waals surface area contributed by atoms with Crippen molar-refractivity contribution in [3.05, 3.63) is 113 Å². The first-order valence-corrected chi connectivity index (χ1v) is 11.1. The highest BCUT2D eigenvalue weighted by molar-refractivity contribution is 6.13. The van der Waals surface area contributed by atoms with Gasteiger partial charge in [0.2, 0.25) is 0 Å². The number of hydrogen-bond acceptors (Lipinski definition) is 3. The van der Waals surface area contributed by atoms with E-state index >= 15 is 0 Å². The van der Waals surface area contributed by atoms with E-state index in [1.165, 1.54) is 16.3 Å². The smallest absolute Gasteiger partial charge is 0.162 e. The van der Waals surface area contributed by atoms with Crippen LogP contribution in [-0.4, -0.2) is 10.9 Å². The lowest BCUT2D eigenvalue weighted by molar-refractivity contribution is -0.116. The predicted octanol–water partition coefficient (Wildman–Crippen LogP) is 6.61. The van der Waals surface area contributed by atoms with Crippen LogP contribution in [0, 0.1) is 0 Å². The van der Waals surface area contributed by atoms with Crippen molar-refractivity contribution in [3.8, 4) is 5.75 Å². The molecular weight excluding hydrogens is 394 g/mol. The third kappa shape index (κ3) is 3.01. The summed E-state index contributed by atoms with van der Waals surface area (Å²) in [6.07, 6.45) is 1.32. The number of carbonyl (C=O) groups excluding carboxylic acids is 1. The van der Waals surface area contributed by atoms with Crippen LogP contribution < -0.4 is 5.32 Å². The third-order valence-electron chi connectivity index (χ3n) is 6.80.